The van der Waals surface area contributed by atoms with Gasteiger partial charge in [0.1, 0.15) is 6.54 Å². The van der Waals surface area contributed by atoms with Crippen LogP contribution in [-0.2, 0) is 0 Å². The molecule has 0 unspecified atom stereocenters. The van der Waals surface area contributed by atoms with E-state index in [1.54, 1.807) is 0 Å². The molecule has 8 heteroatoms. The van der Waals surface area contributed by atoms with Crippen LogP contribution < -0.4 is 23.9 Å². The van der Waals surface area contributed by atoms with Crippen molar-refractivity contribution in [3.05, 3.63) is 0 Å². The zero-order valence-electron chi connectivity index (χ0n) is 10.9. The number of likely N-dealkylation sites (N-methyl/N-ethyl adjacent to an activating group) is 1. The van der Waals surface area contributed by atoms with Crippen LogP contribution in [0.4, 0.5) is 4.79 Å². The number of quaternary nitrogens is 1. The second-order valence-corrected chi connectivity index (χ2v) is 3.14. The number of halogens is 2. The number of carbonyl (C=O) groups is 1. The molecule has 0 bridgehead atoms. The van der Waals surface area contributed by atoms with E-state index in [9.17, 15) is 0 Å². The van der Waals surface area contributed by atoms with Gasteiger partial charge in [0.25, 0.3) is 0 Å². The number of urea groups is 1. The molecule has 0 aliphatic carbocycles. The van der Waals surface area contributed by atoms with E-state index in [4.69, 9.17) is 9.90 Å². The number of aliphatic hydroxyl groups excluding tert-OH is 1. The van der Waals surface area contributed by atoms with Gasteiger partial charge in [-0.15, -0.1) is 12.4 Å². The average molecular weight is 278 g/mol. The van der Waals surface area contributed by atoms with Crippen LogP contribution in [0.5, 0.6) is 0 Å². The Hall–Kier alpha value is 1.03. The van der Waals surface area contributed by atoms with Crippen molar-refractivity contribution < 1.29 is 29.6 Å². The Morgan fingerprint density at radius 2 is 1.57 bits per heavy atom. The first-order chi connectivity index (χ1) is 4.79. The minimum absolute atomic E-state index is 0. The number of carbonyl (C=O) groups excluding carboxylic acids is 1. The molecule has 0 aromatic carbocycles. The third kappa shape index (κ3) is 74.5. The number of hydrogen-bond acceptors (Lipinski definition) is 2. The van der Waals surface area contributed by atoms with Crippen LogP contribution in [-0.4, -0.2) is 87.7 Å². The molecule has 0 atom stereocenters. The van der Waals surface area contributed by atoms with Crippen LogP contribution in [0, 0.1) is 0 Å². The molecule has 88 valence electrons. The van der Waals surface area contributed by atoms with Gasteiger partial charge in [-0.1, -0.05) is 0 Å². The second kappa shape index (κ2) is 16.5. The van der Waals surface area contributed by atoms with E-state index in [0.717, 1.165) is 11.0 Å². The molecule has 14 heavy (non-hydrogen) atoms. The topological polar surface area (TPSA) is 89.3 Å². The van der Waals surface area contributed by atoms with Crippen molar-refractivity contribution in [1.29, 1.82) is 0 Å². The largest absolute Gasteiger partial charge is 2.00 e. The summed E-state index contributed by atoms with van der Waals surface area (Å²) in [6.07, 6.45) is 0. The first-order valence-corrected chi connectivity index (χ1v) is 3.26. The van der Waals surface area contributed by atoms with Gasteiger partial charge in [0.05, 0.1) is 27.7 Å². The molecular weight excluding hydrogens is 257 g/mol. The van der Waals surface area contributed by atoms with Crippen LogP contribution >= 0.6 is 12.4 Å². The molecule has 0 aliphatic heterocycles. The second-order valence-electron chi connectivity index (χ2n) is 3.14. The number of nitrogens with two attached hydrogens (primary N) is 2. The van der Waals surface area contributed by atoms with Crippen LogP contribution in [0.25, 0.3) is 0 Å². The Labute approximate surface area is 131 Å². The number of aliphatic hydroxyl groups is 1. The minimum atomic E-state index is -0.833. The summed E-state index contributed by atoms with van der Waals surface area (Å²) in [7, 11) is 6.16. The van der Waals surface area contributed by atoms with Gasteiger partial charge in [-0.3, -0.25) is 0 Å². The molecule has 0 radical (unpaired) electrons. The summed E-state index contributed by atoms with van der Waals surface area (Å²) in [4.78, 5) is 9.00. The standard InChI is InChI=1S/C5H14NO.CH4N2O.Ca.2ClH.2H/c1-6(2,3)4-5-7;2-1(3)4;;;;;/h7H,4-5H2,1-3H3;(H4,2,3,4);;2*1H;;/q+1;;+2;;;2*-1/p-1. The van der Waals surface area contributed by atoms with E-state index in [0.29, 0.717) is 0 Å². The van der Waals surface area contributed by atoms with Crippen LogP contribution in [0.3, 0.4) is 0 Å². The van der Waals surface area contributed by atoms with E-state index in [1.807, 2.05) is 0 Å². The smallest absolute Gasteiger partial charge is 1.00 e. The third-order valence-corrected chi connectivity index (χ3v) is 0.771. The van der Waals surface area contributed by atoms with Gasteiger partial charge in [0.2, 0.25) is 0 Å². The van der Waals surface area contributed by atoms with Crippen LogP contribution in [0.1, 0.15) is 2.85 Å². The van der Waals surface area contributed by atoms with Crippen molar-refractivity contribution >= 4 is 56.2 Å². The van der Waals surface area contributed by atoms with Gasteiger partial charge in [0.15, 0.2) is 0 Å². The number of primary amides is 2. The molecule has 5 N–H and O–H groups in total. The van der Waals surface area contributed by atoms with E-state index >= 15 is 0 Å². The summed E-state index contributed by atoms with van der Waals surface area (Å²) >= 11 is 0. The Bertz CT molecular complexity index is 127. The van der Waals surface area contributed by atoms with Gasteiger partial charge in [0, 0.05) is 0 Å². The average Bonchev–Trinajstić information content (AvgIpc) is 1.58. The van der Waals surface area contributed by atoms with Gasteiger partial charge in [-0.2, -0.15) is 0 Å². The Morgan fingerprint density at radius 3 is 1.57 bits per heavy atom. The summed E-state index contributed by atoms with van der Waals surface area (Å²) in [5, 5.41) is 8.39. The first-order valence-electron chi connectivity index (χ1n) is 3.26. The Balaban J connectivity index is -0.0000000165. The predicted octanol–water partition coefficient (Wildman–Crippen LogP) is -4.02. The van der Waals surface area contributed by atoms with Gasteiger partial charge >= 0.3 is 43.8 Å². The summed E-state index contributed by atoms with van der Waals surface area (Å²) < 4.78 is 0.844. The van der Waals surface area contributed by atoms with Crippen molar-refractivity contribution in [2.45, 2.75) is 0 Å². The molecule has 0 heterocycles. The number of nitrogens with zero attached hydrogens (tertiary/aromatic N) is 1. The molecule has 0 aromatic heterocycles. The van der Waals surface area contributed by atoms with E-state index in [1.165, 1.54) is 0 Å². The number of amides is 2. The zero-order valence-corrected chi connectivity index (χ0v) is 12.6. The van der Waals surface area contributed by atoms with Crippen molar-refractivity contribution in [3.63, 3.8) is 0 Å². The van der Waals surface area contributed by atoms with Crippen molar-refractivity contribution in [1.82, 2.24) is 0 Å². The normalized spacial score (nSPS) is 7.71. The molecule has 5 nitrogen and oxygen atoms in total. The predicted molar refractivity (Wildman–Crippen MR) is 59.0 cm³/mol. The van der Waals surface area contributed by atoms with Crippen molar-refractivity contribution in [2.75, 3.05) is 34.3 Å². The zero-order chi connectivity index (χ0) is 9.49. The fraction of sp³-hybridized carbons (Fsp3) is 0.833. The van der Waals surface area contributed by atoms with E-state index < -0.39 is 6.03 Å². The molecule has 0 spiro atoms. The monoisotopic (exact) mass is 277 g/mol. The van der Waals surface area contributed by atoms with Gasteiger partial charge < -0.3 is 36.3 Å². The summed E-state index contributed by atoms with van der Waals surface area (Å²) in [6.45, 7) is 1.11. The number of hydrogen-bond donors (Lipinski definition) is 3. The summed E-state index contributed by atoms with van der Waals surface area (Å²) in [5.41, 5.74) is 8.50. The van der Waals surface area contributed by atoms with Gasteiger partial charge in [-0.25, -0.2) is 4.79 Å². The molecule has 2 amide bonds. The summed E-state index contributed by atoms with van der Waals surface area (Å²) in [6, 6.07) is -0.833. The maximum absolute atomic E-state index is 9.00. The van der Waals surface area contributed by atoms with Crippen molar-refractivity contribution in [3.8, 4) is 0 Å². The fourth-order valence-electron chi connectivity index (χ4n) is 0.300. The molecule has 0 fully saturated rings. The molecule has 0 saturated heterocycles. The SMILES string of the molecule is C[N+](C)(C)CCO.Cl.NC(N)=O.[Ca+2].[Cl-].[H-].[H-]. The first kappa shape index (κ1) is 29.4. The third-order valence-electron chi connectivity index (χ3n) is 0.771. The Morgan fingerprint density at radius 1 is 1.36 bits per heavy atom. The minimum Gasteiger partial charge on any atom is -1.00 e. The van der Waals surface area contributed by atoms with Gasteiger partial charge in [-0.05, 0) is 0 Å². The molecule has 0 saturated carbocycles. The maximum Gasteiger partial charge on any atom is 2.00 e. The van der Waals surface area contributed by atoms with E-state index in [2.05, 4.69) is 32.6 Å². The number of rotatable bonds is 2. The summed E-state index contributed by atoms with van der Waals surface area (Å²) in [5.74, 6) is 0. The quantitative estimate of drug-likeness (QED) is 0.355. The maximum atomic E-state index is 9.00. The van der Waals surface area contributed by atoms with Crippen LogP contribution in [0.2, 0.25) is 0 Å². The van der Waals surface area contributed by atoms with E-state index in [-0.39, 0.29) is 72.0 Å². The van der Waals surface area contributed by atoms with Crippen LogP contribution in [0.15, 0.2) is 0 Å². The molecule has 0 aliphatic rings. The molecular formula is C6H21CaCl2N3O2. The Kier molecular flexibility index (Phi) is 34.6. The molecule has 0 aromatic rings. The fourth-order valence-corrected chi connectivity index (χ4v) is 0.300. The van der Waals surface area contributed by atoms with Crippen molar-refractivity contribution in [2.24, 2.45) is 11.5 Å². The molecule has 0 rings (SSSR count).